The van der Waals surface area contributed by atoms with Crippen LogP contribution < -0.4 is 15.0 Å². The van der Waals surface area contributed by atoms with E-state index in [9.17, 15) is 0 Å². The van der Waals surface area contributed by atoms with E-state index in [2.05, 4.69) is 80.2 Å². The molecular weight excluding hydrogens is 452 g/mol. The third kappa shape index (κ3) is 2.55. The number of aryl methyl sites for hydroxylation is 1. The Morgan fingerprint density at radius 1 is 1.25 bits per heavy atom. The number of nitrogens with zero attached hydrogens (tertiary/aromatic N) is 1. The zero-order valence-corrected chi connectivity index (χ0v) is 17.3. The van der Waals surface area contributed by atoms with Gasteiger partial charge in [-0.2, -0.15) is 0 Å². The summed E-state index contributed by atoms with van der Waals surface area (Å²) in [6.07, 6.45) is 0.825. The van der Waals surface area contributed by atoms with Crippen LogP contribution in [-0.4, -0.2) is 10.8 Å². The molecule has 0 aliphatic carbocycles. The first-order valence-electron chi connectivity index (χ1n) is 7.73. The Bertz CT molecular complexity index is 857. The molecule has 24 heavy (non-hydrogen) atoms. The average molecular weight is 468 g/mol. The van der Waals surface area contributed by atoms with Gasteiger partial charge in [0.15, 0.2) is 10.8 Å². The standard InChI is InChI=1S/C18H16Br2N2OS/c1-10-7-12(4-5-14(10)20)22-17(24)21-15-9-18(22,2)23-16-6-3-11(19)8-13(15)16/h3-8,15H,9H2,1-2H3,(H,21,24). The molecule has 2 atom stereocenters. The maximum atomic E-state index is 6.42. The molecule has 0 saturated carbocycles. The van der Waals surface area contributed by atoms with Crippen LogP contribution in [0.2, 0.25) is 0 Å². The average Bonchev–Trinajstić information content (AvgIpc) is 2.51. The number of hydrogen-bond donors (Lipinski definition) is 1. The van der Waals surface area contributed by atoms with Gasteiger partial charge >= 0.3 is 0 Å². The highest BCUT2D eigenvalue weighted by Crippen LogP contribution is 2.46. The number of nitrogens with one attached hydrogen (secondary N) is 1. The zero-order valence-electron chi connectivity index (χ0n) is 13.3. The molecule has 0 amide bonds. The normalized spacial score (nSPS) is 24.9. The fraction of sp³-hybridized carbons (Fsp3) is 0.278. The minimum atomic E-state index is -0.506. The van der Waals surface area contributed by atoms with Crippen molar-refractivity contribution in [3.8, 4) is 5.75 Å². The summed E-state index contributed by atoms with van der Waals surface area (Å²) >= 11 is 12.8. The van der Waals surface area contributed by atoms with E-state index in [-0.39, 0.29) is 6.04 Å². The molecule has 0 spiro atoms. The number of fused-ring (bicyclic) bond motifs is 4. The molecule has 2 heterocycles. The molecule has 2 aliphatic heterocycles. The third-order valence-electron chi connectivity index (χ3n) is 4.63. The second kappa shape index (κ2) is 5.71. The van der Waals surface area contributed by atoms with E-state index < -0.39 is 5.72 Å². The highest BCUT2D eigenvalue weighted by atomic mass is 79.9. The van der Waals surface area contributed by atoms with Crippen molar-refractivity contribution < 1.29 is 4.74 Å². The number of benzene rings is 2. The van der Waals surface area contributed by atoms with Gasteiger partial charge in [-0.05, 0) is 68.0 Å². The maximum absolute atomic E-state index is 6.42. The van der Waals surface area contributed by atoms with E-state index in [1.165, 1.54) is 5.56 Å². The van der Waals surface area contributed by atoms with Crippen LogP contribution in [0.15, 0.2) is 45.3 Å². The summed E-state index contributed by atoms with van der Waals surface area (Å²) in [6, 6.07) is 12.5. The molecule has 2 aliphatic rings. The fourth-order valence-corrected chi connectivity index (χ4v) is 4.57. The van der Waals surface area contributed by atoms with Crippen LogP contribution in [0.3, 0.4) is 0 Å². The quantitative estimate of drug-likeness (QED) is 0.563. The molecule has 0 radical (unpaired) electrons. The molecule has 2 aromatic rings. The monoisotopic (exact) mass is 466 g/mol. The van der Waals surface area contributed by atoms with Gasteiger partial charge in [-0.15, -0.1) is 0 Å². The van der Waals surface area contributed by atoms with Crippen LogP contribution in [-0.2, 0) is 0 Å². The summed E-state index contributed by atoms with van der Waals surface area (Å²) in [7, 11) is 0. The molecule has 2 unspecified atom stereocenters. The van der Waals surface area contributed by atoms with Crippen LogP contribution in [0.5, 0.6) is 5.75 Å². The summed E-state index contributed by atoms with van der Waals surface area (Å²) in [5, 5.41) is 4.18. The molecule has 1 saturated heterocycles. The van der Waals surface area contributed by atoms with Gasteiger partial charge in [-0.3, -0.25) is 4.90 Å². The van der Waals surface area contributed by atoms with E-state index in [4.69, 9.17) is 17.0 Å². The van der Waals surface area contributed by atoms with Crippen LogP contribution in [0, 0.1) is 6.92 Å². The highest BCUT2D eigenvalue weighted by molar-refractivity contribution is 9.10. The lowest BCUT2D eigenvalue weighted by Gasteiger charge is -2.52. The second-order valence-corrected chi connectivity index (χ2v) is 8.59. The van der Waals surface area contributed by atoms with Gasteiger partial charge in [-0.25, -0.2) is 0 Å². The van der Waals surface area contributed by atoms with E-state index in [1.807, 2.05) is 12.1 Å². The number of rotatable bonds is 1. The lowest BCUT2D eigenvalue weighted by Crippen LogP contribution is -2.65. The molecule has 4 rings (SSSR count). The minimum absolute atomic E-state index is 0.163. The van der Waals surface area contributed by atoms with Crippen molar-refractivity contribution in [3.63, 3.8) is 0 Å². The summed E-state index contributed by atoms with van der Waals surface area (Å²) in [5.74, 6) is 0.908. The zero-order chi connectivity index (χ0) is 17.1. The molecule has 1 N–H and O–H groups in total. The number of hydrogen-bond acceptors (Lipinski definition) is 2. The summed E-state index contributed by atoms with van der Waals surface area (Å²) in [5.41, 5.74) is 2.85. The van der Waals surface area contributed by atoms with Gasteiger partial charge in [0.2, 0.25) is 0 Å². The summed E-state index contributed by atoms with van der Waals surface area (Å²) in [6.45, 7) is 4.18. The number of halogens is 2. The van der Waals surface area contributed by atoms with Gasteiger partial charge in [0.05, 0.1) is 6.04 Å². The molecule has 2 aromatic carbocycles. The van der Waals surface area contributed by atoms with E-state index in [1.54, 1.807) is 0 Å². The van der Waals surface area contributed by atoms with Gasteiger partial charge in [0.25, 0.3) is 0 Å². The van der Waals surface area contributed by atoms with Crippen molar-refractivity contribution in [2.75, 3.05) is 4.90 Å². The largest absolute Gasteiger partial charge is 0.467 e. The highest BCUT2D eigenvalue weighted by Gasteiger charge is 2.48. The van der Waals surface area contributed by atoms with Crippen molar-refractivity contribution in [1.82, 2.24) is 5.32 Å². The Morgan fingerprint density at radius 3 is 2.79 bits per heavy atom. The Balaban J connectivity index is 1.80. The summed E-state index contributed by atoms with van der Waals surface area (Å²) in [4.78, 5) is 2.09. The molecule has 2 bridgehead atoms. The van der Waals surface area contributed by atoms with Gasteiger partial charge < -0.3 is 10.1 Å². The Kier molecular flexibility index (Phi) is 3.90. The van der Waals surface area contributed by atoms with Crippen LogP contribution in [0.1, 0.15) is 30.5 Å². The third-order valence-corrected chi connectivity index (χ3v) is 6.32. The Hall–Kier alpha value is -1.11. The van der Waals surface area contributed by atoms with Crippen LogP contribution in [0.25, 0.3) is 0 Å². The van der Waals surface area contributed by atoms with E-state index in [0.717, 1.165) is 32.4 Å². The van der Waals surface area contributed by atoms with Crippen LogP contribution in [0.4, 0.5) is 5.69 Å². The number of ether oxygens (including phenoxy) is 1. The first kappa shape index (κ1) is 16.4. The molecule has 1 fully saturated rings. The number of thiocarbonyl (C=S) groups is 1. The Labute approximate surface area is 163 Å². The second-order valence-electron chi connectivity index (χ2n) is 6.43. The first-order chi connectivity index (χ1) is 11.4. The molecule has 0 aromatic heterocycles. The lowest BCUT2D eigenvalue weighted by molar-refractivity contribution is 0.0497. The molecule has 6 heteroatoms. The molecule has 3 nitrogen and oxygen atoms in total. The van der Waals surface area contributed by atoms with Gasteiger partial charge in [0, 0.05) is 26.6 Å². The van der Waals surface area contributed by atoms with E-state index in [0.29, 0.717) is 5.11 Å². The Morgan fingerprint density at radius 2 is 2.04 bits per heavy atom. The molecule has 124 valence electrons. The summed E-state index contributed by atoms with van der Waals surface area (Å²) < 4.78 is 8.55. The maximum Gasteiger partial charge on any atom is 0.188 e. The van der Waals surface area contributed by atoms with Gasteiger partial charge in [0.1, 0.15) is 5.75 Å². The van der Waals surface area contributed by atoms with Crippen molar-refractivity contribution in [2.24, 2.45) is 0 Å². The van der Waals surface area contributed by atoms with Crippen molar-refractivity contribution in [1.29, 1.82) is 0 Å². The fourth-order valence-electron chi connectivity index (χ4n) is 3.50. The topological polar surface area (TPSA) is 24.5 Å². The first-order valence-corrected chi connectivity index (χ1v) is 9.72. The van der Waals surface area contributed by atoms with Crippen molar-refractivity contribution in [3.05, 3.63) is 56.5 Å². The minimum Gasteiger partial charge on any atom is -0.467 e. The smallest absolute Gasteiger partial charge is 0.188 e. The predicted octanol–water partition coefficient (Wildman–Crippen LogP) is 5.45. The number of anilines is 1. The lowest BCUT2D eigenvalue weighted by atomic mass is 9.90. The SMILES string of the molecule is Cc1cc(N2C(=S)NC3CC2(C)Oc2ccc(Br)cc23)ccc1Br. The van der Waals surface area contributed by atoms with E-state index >= 15 is 0 Å². The molecular formula is C18H16Br2N2OS. The van der Waals surface area contributed by atoms with Gasteiger partial charge in [-0.1, -0.05) is 31.9 Å². The van der Waals surface area contributed by atoms with Crippen LogP contribution >= 0.6 is 44.1 Å². The predicted molar refractivity (Wildman–Crippen MR) is 108 cm³/mol. The van der Waals surface area contributed by atoms with Crippen molar-refractivity contribution >= 4 is 54.9 Å². The van der Waals surface area contributed by atoms with Crippen molar-refractivity contribution in [2.45, 2.75) is 32.0 Å².